The predicted octanol–water partition coefficient (Wildman–Crippen LogP) is 3.52. The molecular formula is C18H38N2O. The van der Waals surface area contributed by atoms with Crippen LogP contribution in [0.15, 0.2) is 0 Å². The minimum absolute atomic E-state index is 0.317. The average Bonchev–Trinajstić information content (AvgIpc) is 2.38. The molecule has 1 rings (SSSR count). The summed E-state index contributed by atoms with van der Waals surface area (Å²) in [5, 5.41) is 0. The first-order valence-corrected chi connectivity index (χ1v) is 8.77. The van der Waals surface area contributed by atoms with Gasteiger partial charge in [0.15, 0.2) is 0 Å². The van der Waals surface area contributed by atoms with Gasteiger partial charge >= 0.3 is 0 Å². The van der Waals surface area contributed by atoms with Crippen LogP contribution < -0.4 is 5.73 Å². The van der Waals surface area contributed by atoms with Crippen molar-refractivity contribution in [2.45, 2.75) is 72.4 Å². The topological polar surface area (TPSA) is 38.5 Å². The Balaban J connectivity index is 2.43. The van der Waals surface area contributed by atoms with E-state index in [0.29, 0.717) is 17.6 Å². The van der Waals surface area contributed by atoms with Crippen molar-refractivity contribution in [2.24, 2.45) is 23.0 Å². The fourth-order valence-electron chi connectivity index (χ4n) is 3.70. The standard InChI is InChI=1S/C18H38N2O/c1-14(2)21-12-11-20(6)17(13-19)15-7-9-16(10-8-15)18(3,4)5/h14-17H,7-13,19H2,1-6H3. The molecule has 0 aromatic heterocycles. The number of rotatable bonds is 7. The van der Waals surface area contributed by atoms with Gasteiger partial charge in [0.25, 0.3) is 0 Å². The van der Waals surface area contributed by atoms with Gasteiger partial charge in [-0.3, -0.25) is 4.90 Å². The molecule has 0 aliphatic heterocycles. The molecule has 0 radical (unpaired) electrons. The maximum atomic E-state index is 6.07. The summed E-state index contributed by atoms with van der Waals surface area (Å²) in [6, 6.07) is 0.515. The summed E-state index contributed by atoms with van der Waals surface area (Å²) in [4.78, 5) is 2.42. The van der Waals surface area contributed by atoms with Crippen molar-refractivity contribution >= 4 is 0 Å². The Morgan fingerprint density at radius 2 is 1.71 bits per heavy atom. The van der Waals surface area contributed by atoms with Gasteiger partial charge in [0.05, 0.1) is 12.7 Å². The summed E-state index contributed by atoms with van der Waals surface area (Å²) in [6.45, 7) is 13.9. The Labute approximate surface area is 132 Å². The molecule has 0 heterocycles. The molecule has 3 heteroatoms. The van der Waals surface area contributed by atoms with Crippen LogP contribution in [0.25, 0.3) is 0 Å². The molecule has 1 aliphatic carbocycles. The molecule has 3 nitrogen and oxygen atoms in total. The van der Waals surface area contributed by atoms with Crippen molar-refractivity contribution in [3.63, 3.8) is 0 Å². The van der Waals surface area contributed by atoms with Gasteiger partial charge in [-0.2, -0.15) is 0 Å². The summed E-state index contributed by atoms with van der Waals surface area (Å²) >= 11 is 0. The summed E-state index contributed by atoms with van der Waals surface area (Å²) in [5.74, 6) is 1.64. The lowest BCUT2D eigenvalue weighted by Gasteiger charge is -2.41. The maximum absolute atomic E-state index is 6.07. The fourth-order valence-corrected chi connectivity index (χ4v) is 3.70. The number of hydrogen-bond acceptors (Lipinski definition) is 3. The minimum atomic E-state index is 0.317. The summed E-state index contributed by atoms with van der Waals surface area (Å²) < 4.78 is 5.67. The molecule has 1 aliphatic rings. The van der Waals surface area contributed by atoms with E-state index in [4.69, 9.17) is 10.5 Å². The molecule has 1 fully saturated rings. The Bertz CT molecular complexity index is 277. The Hall–Kier alpha value is -0.120. The summed E-state index contributed by atoms with van der Waals surface area (Å²) in [6.07, 6.45) is 5.71. The first-order valence-electron chi connectivity index (χ1n) is 8.77. The molecule has 0 aromatic carbocycles. The van der Waals surface area contributed by atoms with Crippen molar-refractivity contribution in [3.8, 4) is 0 Å². The van der Waals surface area contributed by atoms with Crippen LogP contribution in [0.3, 0.4) is 0 Å². The fraction of sp³-hybridized carbons (Fsp3) is 1.00. The van der Waals surface area contributed by atoms with E-state index >= 15 is 0 Å². The lowest BCUT2D eigenvalue weighted by molar-refractivity contribution is 0.0402. The molecule has 0 spiro atoms. The highest BCUT2D eigenvalue weighted by Gasteiger charge is 2.33. The number of likely N-dealkylation sites (N-methyl/N-ethyl adjacent to an activating group) is 1. The van der Waals surface area contributed by atoms with E-state index in [2.05, 4.69) is 46.6 Å². The Morgan fingerprint density at radius 3 is 2.14 bits per heavy atom. The van der Waals surface area contributed by atoms with E-state index in [1.165, 1.54) is 25.7 Å². The number of nitrogens with two attached hydrogens (primary N) is 1. The molecule has 0 amide bonds. The van der Waals surface area contributed by atoms with Crippen LogP contribution >= 0.6 is 0 Å². The first kappa shape index (κ1) is 18.9. The maximum Gasteiger partial charge on any atom is 0.0596 e. The zero-order chi connectivity index (χ0) is 16.0. The average molecular weight is 299 g/mol. The highest BCUT2D eigenvalue weighted by Crippen LogP contribution is 2.41. The van der Waals surface area contributed by atoms with Gasteiger partial charge in [-0.15, -0.1) is 0 Å². The van der Waals surface area contributed by atoms with Crippen LogP contribution in [0.1, 0.15) is 60.3 Å². The van der Waals surface area contributed by atoms with Crippen molar-refractivity contribution in [1.29, 1.82) is 0 Å². The van der Waals surface area contributed by atoms with Crippen LogP contribution in [0, 0.1) is 17.3 Å². The third-order valence-electron chi connectivity index (χ3n) is 5.24. The Morgan fingerprint density at radius 1 is 1.14 bits per heavy atom. The van der Waals surface area contributed by atoms with Gasteiger partial charge in [-0.25, -0.2) is 0 Å². The first-order chi connectivity index (χ1) is 9.75. The van der Waals surface area contributed by atoms with E-state index < -0.39 is 0 Å². The van der Waals surface area contributed by atoms with Gasteiger partial charge < -0.3 is 10.5 Å². The third kappa shape index (κ3) is 6.25. The summed E-state index contributed by atoms with van der Waals surface area (Å²) in [5.41, 5.74) is 6.53. The van der Waals surface area contributed by atoms with Crippen LogP contribution in [0.4, 0.5) is 0 Å². The zero-order valence-corrected chi connectivity index (χ0v) is 15.2. The summed E-state index contributed by atoms with van der Waals surface area (Å²) in [7, 11) is 2.21. The lowest BCUT2D eigenvalue weighted by Crippen LogP contribution is -2.46. The second-order valence-corrected chi connectivity index (χ2v) is 8.18. The molecule has 126 valence electrons. The SMILES string of the molecule is CC(C)OCCN(C)C(CN)C1CCC(C(C)(C)C)CC1. The van der Waals surface area contributed by atoms with Crippen LogP contribution in [-0.4, -0.2) is 43.8 Å². The monoisotopic (exact) mass is 298 g/mol. The molecule has 1 atom stereocenters. The zero-order valence-electron chi connectivity index (χ0n) is 15.2. The van der Waals surface area contributed by atoms with Gasteiger partial charge in [0.1, 0.15) is 0 Å². The lowest BCUT2D eigenvalue weighted by atomic mass is 9.68. The third-order valence-corrected chi connectivity index (χ3v) is 5.24. The molecule has 2 N–H and O–H groups in total. The Kier molecular flexibility index (Phi) is 7.66. The van der Waals surface area contributed by atoms with E-state index in [1.54, 1.807) is 0 Å². The van der Waals surface area contributed by atoms with Gasteiger partial charge in [-0.1, -0.05) is 20.8 Å². The number of hydrogen-bond donors (Lipinski definition) is 1. The molecule has 0 saturated heterocycles. The molecule has 0 bridgehead atoms. The van der Waals surface area contributed by atoms with Crippen LogP contribution in [-0.2, 0) is 4.74 Å². The van der Waals surface area contributed by atoms with Gasteiger partial charge in [-0.05, 0) is 63.8 Å². The van der Waals surface area contributed by atoms with Gasteiger partial charge in [0.2, 0.25) is 0 Å². The molecule has 1 saturated carbocycles. The molecule has 0 aromatic rings. The van der Waals surface area contributed by atoms with Gasteiger partial charge in [0, 0.05) is 19.1 Å². The largest absolute Gasteiger partial charge is 0.377 e. The van der Waals surface area contributed by atoms with Crippen molar-refractivity contribution in [1.82, 2.24) is 4.90 Å². The number of nitrogens with zero attached hydrogens (tertiary/aromatic N) is 1. The van der Waals surface area contributed by atoms with E-state index in [0.717, 1.165) is 31.5 Å². The normalized spacial score (nSPS) is 25.6. The smallest absolute Gasteiger partial charge is 0.0596 e. The second-order valence-electron chi connectivity index (χ2n) is 8.18. The highest BCUT2D eigenvalue weighted by molar-refractivity contribution is 4.86. The van der Waals surface area contributed by atoms with Crippen molar-refractivity contribution in [2.75, 3.05) is 26.7 Å². The second kappa shape index (κ2) is 8.50. The predicted molar refractivity (Wildman–Crippen MR) is 91.5 cm³/mol. The van der Waals surface area contributed by atoms with Crippen molar-refractivity contribution < 1.29 is 4.74 Å². The molecule has 1 unspecified atom stereocenters. The van der Waals surface area contributed by atoms with Crippen LogP contribution in [0.5, 0.6) is 0 Å². The molecule has 21 heavy (non-hydrogen) atoms. The van der Waals surface area contributed by atoms with E-state index in [-0.39, 0.29) is 0 Å². The quantitative estimate of drug-likeness (QED) is 0.781. The highest BCUT2D eigenvalue weighted by atomic mass is 16.5. The molecular weight excluding hydrogens is 260 g/mol. The number of ether oxygens (including phenoxy) is 1. The van der Waals surface area contributed by atoms with Crippen molar-refractivity contribution in [3.05, 3.63) is 0 Å². The minimum Gasteiger partial charge on any atom is -0.377 e. The van der Waals surface area contributed by atoms with E-state index in [1.807, 2.05) is 0 Å². The van der Waals surface area contributed by atoms with Crippen LogP contribution in [0.2, 0.25) is 0 Å². The van der Waals surface area contributed by atoms with E-state index in [9.17, 15) is 0 Å².